The second-order valence-electron chi connectivity index (χ2n) is 5.34. The lowest BCUT2D eigenvalue weighted by molar-refractivity contribution is -0.385. The monoisotopic (exact) mass is 375 g/mol. The molecule has 114 valence electrons. The van der Waals surface area contributed by atoms with E-state index in [9.17, 15) is 14.9 Å². The van der Waals surface area contributed by atoms with Crippen LogP contribution in [0.1, 0.15) is 10.4 Å². The van der Waals surface area contributed by atoms with E-state index < -0.39 is 4.92 Å². The van der Waals surface area contributed by atoms with E-state index >= 15 is 0 Å². The van der Waals surface area contributed by atoms with E-state index in [0.717, 1.165) is 26.2 Å². The summed E-state index contributed by atoms with van der Waals surface area (Å²) in [7, 11) is 0. The standard InChI is InChI=1S/C13H14BrN3O3.ClH/c14-11-1-8(2-12(3-11)17(19)20)13(18)16-6-9-4-15-5-10(9)7-16;/h1-3,9-10,15H,4-7H2;1H/t9-,10+;. The first kappa shape index (κ1) is 16.2. The molecule has 2 fully saturated rings. The fourth-order valence-electron chi connectivity index (χ4n) is 3.01. The SMILES string of the molecule is Cl.O=C(c1cc(Br)cc([N+](=O)[O-])c1)N1C[C@H]2CNC[C@H]2C1. The molecule has 1 amide bonds. The Morgan fingerprint density at radius 2 is 1.90 bits per heavy atom. The molecule has 8 heteroatoms. The molecule has 0 aliphatic carbocycles. The molecule has 0 saturated carbocycles. The van der Waals surface area contributed by atoms with Crippen molar-refractivity contribution >= 4 is 39.9 Å². The molecule has 3 rings (SSSR count). The quantitative estimate of drug-likeness (QED) is 0.633. The molecule has 2 atom stereocenters. The molecule has 0 unspecified atom stereocenters. The zero-order valence-electron chi connectivity index (χ0n) is 11.1. The number of carbonyl (C=O) groups excluding carboxylic acids is 1. The van der Waals surface area contributed by atoms with Crippen molar-refractivity contribution in [3.63, 3.8) is 0 Å². The molecule has 0 spiro atoms. The number of hydrogen-bond acceptors (Lipinski definition) is 4. The lowest BCUT2D eigenvalue weighted by atomic mass is 10.0. The molecule has 6 nitrogen and oxygen atoms in total. The van der Waals surface area contributed by atoms with Crippen molar-refractivity contribution in [2.45, 2.75) is 0 Å². The highest BCUT2D eigenvalue weighted by atomic mass is 79.9. The molecular weight excluding hydrogens is 362 g/mol. The average molecular weight is 377 g/mol. The molecule has 21 heavy (non-hydrogen) atoms. The van der Waals surface area contributed by atoms with Crippen LogP contribution in [0.5, 0.6) is 0 Å². The Kier molecular flexibility index (Phi) is 4.85. The summed E-state index contributed by atoms with van der Waals surface area (Å²) in [4.78, 5) is 24.7. The Hall–Kier alpha value is -1.18. The summed E-state index contributed by atoms with van der Waals surface area (Å²) in [6.07, 6.45) is 0. The highest BCUT2D eigenvalue weighted by Crippen LogP contribution is 2.29. The molecule has 0 aromatic heterocycles. The van der Waals surface area contributed by atoms with Crippen LogP contribution < -0.4 is 5.32 Å². The largest absolute Gasteiger partial charge is 0.338 e. The summed E-state index contributed by atoms with van der Waals surface area (Å²) >= 11 is 3.22. The number of carbonyl (C=O) groups is 1. The maximum atomic E-state index is 12.5. The first-order valence-electron chi connectivity index (χ1n) is 6.49. The Balaban J connectivity index is 0.00000161. The van der Waals surface area contributed by atoms with Crippen LogP contribution in [-0.4, -0.2) is 41.9 Å². The summed E-state index contributed by atoms with van der Waals surface area (Å²) in [5.41, 5.74) is 0.308. The van der Waals surface area contributed by atoms with Crippen LogP contribution in [0.2, 0.25) is 0 Å². The fraction of sp³-hybridized carbons (Fsp3) is 0.462. The lowest BCUT2D eigenvalue weighted by Crippen LogP contribution is -2.31. The Labute approximate surface area is 136 Å². The van der Waals surface area contributed by atoms with Gasteiger partial charge in [0.2, 0.25) is 0 Å². The molecule has 1 aromatic rings. The number of rotatable bonds is 2. The van der Waals surface area contributed by atoms with Gasteiger partial charge in [0.15, 0.2) is 0 Å². The topological polar surface area (TPSA) is 75.5 Å². The van der Waals surface area contributed by atoms with E-state index in [-0.39, 0.29) is 24.0 Å². The predicted molar refractivity (Wildman–Crippen MR) is 83.8 cm³/mol. The van der Waals surface area contributed by atoms with E-state index in [1.165, 1.54) is 12.1 Å². The van der Waals surface area contributed by atoms with Gasteiger partial charge in [-0.1, -0.05) is 15.9 Å². The summed E-state index contributed by atoms with van der Waals surface area (Å²) < 4.78 is 0.552. The minimum Gasteiger partial charge on any atom is -0.338 e. The van der Waals surface area contributed by atoms with E-state index in [1.54, 1.807) is 6.07 Å². The molecular formula is C13H15BrClN3O3. The van der Waals surface area contributed by atoms with Gasteiger partial charge in [-0.15, -0.1) is 12.4 Å². The Morgan fingerprint density at radius 1 is 1.29 bits per heavy atom. The Bertz CT molecular complexity index is 572. The first-order valence-corrected chi connectivity index (χ1v) is 7.29. The van der Waals surface area contributed by atoms with Gasteiger partial charge < -0.3 is 10.2 Å². The third-order valence-corrected chi connectivity index (χ3v) is 4.47. The predicted octanol–water partition coefficient (Wildman–Crippen LogP) is 2.07. The van der Waals surface area contributed by atoms with Gasteiger partial charge in [0.25, 0.3) is 11.6 Å². The molecule has 2 aliphatic heterocycles. The van der Waals surface area contributed by atoms with Crippen LogP contribution in [0.3, 0.4) is 0 Å². The van der Waals surface area contributed by atoms with Crippen molar-refractivity contribution in [3.8, 4) is 0 Å². The van der Waals surface area contributed by atoms with Crippen molar-refractivity contribution < 1.29 is 9.72 Å². The second-order valence-corrected chi connectivity index (χ2v) is 6.26. The van der Waals surface area contributed by atoms with Gasteiger partial charge in [-0.05, 0) is 17.9 Å². The van der Waals surface area contributed by atoms with Gasteiger partial charge in [-0.3, -0.25) is 14.9 Å². The van der Waals surface area contributed by atoms with Gasteiger partial charge in [0, 0.05) is 48.3 Å². The Morgan fingerprint density at radius 3 is 2.48 bits per heavy atom. The van der Waals surface area contributed by atoms with Crippen LogP contribution >= 0.6 is 28.3 Å². The smallest absolute Gasteiger partial charge is 0.271 e. The number of hydrogen-bond donors (Lipinski definition) is 1. The molecule has 2 aliphatic rings. The number of amides is 1. The summed E-state index contributed by atoms with van der Waals surface area (Å²) in [5.74, 6) is 0.908. The van der Waals surface area contributed by atoms with Crippen LogP contribution in [0.4, 0.5) is 5.69 Å². The third-order valence-electron chi connectivity index (χ3n) is 4.02. The van der Waals surface area contributed by atoms with Gasteiger partial charge in [0.05, 0.1) is 4.92 Å². The number of non-ortho nitro benzene ring substituents is 1. The number of benzene rings is 1. The minimum absolute atomic E-state index is 0. The van der Waals surface area contributed by atoms with Crippen LogP contribution in [0.25, 0.3) is 0 Å². The van der Waals surface area contributed by atoms with E-state index in [0.29, 0.717) is 21.9 Å². The van der Waals surface area contributed by atoms with Gasteiger partial charge in [0.1, 0.15) is 0 Å². The highest BCUT2D eigenvalue weighted by Gasteiger charge is 2.38. The van der Waals surface area contributed by atoms with E-state index in [1.807, 2.05) is 4.90 Å². The molecule has 1 aromatic carbocycles. The van der Waals surface area contributed by atoms with Crippen molar-refractivity contribution in [3.05, 3.63) is 38.3 Å². The van der Waals surface area contributed by atoms with Gasteiger partial charge in [-0.25, -0.2) is 0 Å². The molecule has 2 heterocycles. The molecule has 1 N–H and O–H groups in total. The van der Waals surface area contributed by atoms with Gasteiger partial charge >= 0.3 is 0 Å². The number of nitro groups is 1. The highest BCUT2D eigenvalue weighted by molar-refractivity contribution is 9.10. The number of nitrogens with one attached hydrogen (secondary N) is 1. The van der Waals surface area contributed by atoms with Crippen molar-refractivity contribution in [1.82, 2.24) is 10.2 Å². The maximum Gasteiger partial charge on any atom is 0.271 e. The minimum atomic E-state index is -0.482. The molecule has 0 radical (unpaired) electrons. The fourth-order valence-corrected chi connectivity index (χ4v) is 3.49. The van der Waals surface area contributed by atoms with Crippen LogP contribution in [-0.2, 0) is 0 Å². The molecule has 2 saturated heterocycles. The van der Waals surface area contributed by atoms with Crippen LogP contribution in [0.15, 0.2) is 22.7 Å². The van der Waals surface area contributed by atoms with Crippen molar-refractivity contribution in [2.24, 2.45) is 11.8 Å². The number of halogens is 2. The van der Waals surface area contributed by atoms with Crippen molar-refractivity contribution in [2.75, 3.05) is 26.2 Å². The van der Waals surface area contributed by atoms with Crippen LogP contribution in [0, 0.1) is 22.0 Å². The normalized spacial score (nSPS) is 23.6. The van der Waals surface area contributed by atoms with E-state index in [2.05, 4.69) is 21.2 Å². The summed E-state index contributed by atoms with van der Waals surface area (Å²) in [5, 5.41) is 14.2. The zero-order chi connectivity index (χ0) is 14.3. The van der Waals surface area contributed by atoms with Crippen molar-refractivity contribution in [1.29, 1.82) is 0 Å². The average Bonchev–Trinajstić information content (AvgIpc) is 2.97. The number of nitro benzene ring substituents is 1. The summed E-state index contributed by atoms with van der Waals surface area (Å²) in [6.45, 7) is 3.37. The summed E-state index contributed by atoms with van der Waals surface area (Å²) in [6, 6.07) is 4.39. The first-order chi connectivity index (χ1) is 9.54. The number of likely N-dealkylation sites (tertiary alicyclic amines) is 1. The molecule has 0 bridgehead atoms. The number of fused-ring (bicyclic) bond motifs is 1. The second kappa shape index (κ2) is 6.29. The lowest BCUT2D eigenvalue weighted by Gasteiger charge is -2.17. The zero-order valence-corrected chi connectivity index (χ0v) is 13.5. The van der Waals surface area contributed by atoms with E-state index in [4.69, 9.17) is 0 Å². The third kappa shape index (κ3) is 3.20. The van der Waals surface area contributed by atoms with Gasteiger partial charge in [-0.2, -0.15) is 0 Å². The number of nitrogens with zero attached hydrogens (tertiary/aromatic N) is 2. The maximum absolute atomic E-state index is 12.5.